The lowest BCUT2D eigenvalue weighted by atomic mass is 9.99. The van der Waals surface area contributed by atoms with Crippen LogP contribution < -0.4 is 0 Å². The van der Waals surface area contributed by atoms with Gasteiger partial charge in [-0.05, 0) is 34.1 Å². The van der Waals surface area contributed by atoms with E-state index in [1.165, 1.54) is 0 Å². The summed E-state index contributed by atoms with van der Waals surface area (Å²) in [6, 6.07) is 2.46. The summed E-state index contributed by atoms with van der Waals surface area (Å²) in [6.45, 7) is 2.20. The van der Waals surface area contributed by atoms with Crippen LogP contribution in [0.2, 0.25) is 0 Å². The van der Waals surface area contributed by atoms with E-state index in [2.05, 4.69) is 18.0 Å². The molecule has 68 valence electrons. The van der Waals surface area contributed by atoms with Crippen LogP contribution in [0.3, 0.4) is 0 Å². The molecule has 3 heteroatoms. The highest BCUT2D eigenvalue weighted by molar-refractivity contribution is 4.97. The molecule has 0 N–H and O–H groups in total. The van der Waals surface area contributed by atoms with Crippen LogP contribution >= 0.6 is 0 Å². The molecule has 1 heterocycles. The number of likely N-dealkylation sites (tertiary alicyclic amines) is 1. The SMILES string of the molecule is CN1CCC(C(C#N)N(C)C)C1. The molecular weight excluding hydrogens is 150 g/mol. The lowest BCUT2D eigenvalue weighted by Gasteiger charge is -2.22. The predicted molar refractivity (Wildman–Crippen MR) is 48.7 cm³/mol. The van der Waals surface area contributed by atoms with Gasteiger partial charge in [0.1, 0.15) is 6.04 Å². The van der Waals surface area contributed by atoms with Crippen molar-refractivity contribution in [3.63, 3.8) is 0 Å². The Hall–Kier alpha value is -0.590. The Labute approximate surface area is 74.6 Å². The summed E-state index contributed by atoms with van der Waals surface area (Å²) in [7, 11) is 6.07. The van der Waals surface area contributed by atoms with Gasteiger partial charge >= 0.3 is 0 Å². The molecule has 0 bridgehead atoms. The summed E-state index contributed by atoms with van der Waals surface area (Å²) in [5, 5.41) is 8.93. The number of hydrogen-bond acceptors (Lipinski definition) is 3. The molecule has 1 saturated heterocycles. The maximum Gasteiger partial charge on any atom is 0.101 e. The number of nitrogens with zero attached hydrogens (tertiary/aromatic N) is 3. The zero-order valence-electron chi connectivity index (χ0n) is 8.12. The number of hydrogen-bond donors (Lipinski definition) is 0. The highest BCUT2D eigenvalue weighted by atomic mass is 15.2. The van der Waals surface area contributed by atoms with Gasteiger partial charge in [0.25, 0.3) is 0 Å². The van der Waals surface area contributed by atoms with Gasteiger partial charge in [0.15, 0.2) is 0 Å². The molecule has 0 aromatic rings. The van der Waals surface area contributed by atoms with E-state index in [-0.39, 0.29) is 6.04 Å². The van der Waals surface area contributed by atoms with Gasteiger partial charge in [-0.25, -0.2) is 0 Å². The second kappa shape index (κ2) is 3.88. The Morgan fingerprint density at radius 3 is 2.58 bits per heavy atom. The third kappa shape index (κ3) is 1.96. The van der Waals surface area contributed by atoms with Crippen molar-refractivity contribution in [3.05, 3.63) is 0 Å². The van der Waals surface area contributed by atoms with Crippen molar-refractivity contribution >= 4 is 0 Å². The van der Waals surface area contributed by atoms with Gasteiger partial charge in [0.2, 0.25) is 0 Å². The highest BCUT2D eigenvalue weighted by Gasteiger charge is 2.28. The molecule has 0 saturated carbocycles. The Bertz CT molecular complexity index is 183. The van der Waals surface area contributed by atoms with Gasteiger partial charge in [0, 0.05) is 12.5 Å². The molecule has 1 aliphatic heterocycles. The molecule has 1 aliphatic rings. The molecule has 0 aromatic carbocycles. The summed E-state index contributed by atoms with van der Waals surface area (Å²) in [6.07, 6.45) is 1.16. The monoisotopic (exact) mass is 167 g/mol. The topological polar surface area (TPSA) is 30.3 Å². The van der Waals surface area contributed by atoms with Crippen LogP contribution in [-0.4, -0.2) is 50.1 Å². The van der Waals surface area contributed by atoms with Gasteiger partial charge < -0.3 is 4.90 Å². The fraction of sp³-hybridized carbons (Fsp3) is 0.889. The fourth-order valence-corrected chi connectivity index (χ4v) is 1.87. The molecule has 3 nitrogen and oxygen atoms in total. The molecule has 12 heavy (non-hydrogen) atoms. The van der Waals surface area contributed by atoms with Gasteiger partial charge in [-0.2, -0.15) is 5.26 Å². The molecular formula is C9H17N3. The molecule has 2 atom stereocenters. The van der Waals surface area contributed by atoms with Crippen molar-refractivity contribution in [2.45, 2.75) is 12.5 Å². The van der Waals surface area contributed by atoms with Crippen molar-refractivity contribution in [1.29, 1.82) is 5.26 Å². The van der Waals surface area contributed by atoms with Crippen molar-refractivity contribution in [2.24, 2.45) is 5.92 Å². The van der Waals surface area contributed by atoms with Gasteiger partial charge in [0.05, 0.1) is 6.07 Å². The lowest BCUT2D eigenvalue weighted by molar-refractivity contribution is 0.259. The van der Waals surface area contributed by atoms with E-state index in [0.29, 0.717) is 5.92 Å². The van der Waals surface area contributed by atoms with Gasteiger partial charge in [-0.1, -0.05) is 0 Å². The molecule has 0 amide bonds. The average Bonchev–Trinajstić information content (AvgIpc) is 2.37. The van der Waals surface area contributed by atoms with E-state index in [1.54, 1.807) is 0 Å². The van der Waals surface area contributed by atoms with Crippen molar-refractivity contribution in [3.8, 4) is 6.07 Å². The van der Waals surface area contributed by atoms with Crippen LogP contribution in [-0.2, 0) is 0 Å². The van der Waals surface area contributed by atoms with Crippen LogP contribution in [0.1, 0.15) is 6.42 Å². The van der Waals surface area contributed by atoms with E-state index in [0.717, 1.165) is 19.5 Å². The Kier molecular flexibility index (Phi) is 3.07. The molecule has 0 radical (unpaired) electrons. The van der Waals surface area contributed by atoms with Crippen LogP contribution in [0.5, 0.6) is 0 Å². The van der Waals surface area contributed by atoms with Crippen molar-refractivity contribution in [1.82, 2.24) is 9.80 Å². The second-order valence-electron chi connectivity index (χ2n) is 3.85. The third-order valence-electron chi connectivity index (χ3n) is 2.56. The largest absolute Gasteiger partial charge is 0.306 e. The number of rotatable bonds is 2. The van der Waals surface area contributed by atoms with E-state index in [9.17, 15) is 0 Å². The molecule has 0 spiro atoms. The van der Waals surface area contributed by atoms with E-state index in [1.807, 2.05) is 19.0 Å². The molecule has 2 unspecified atom stereocenters. The first-order valence-corrected chi connectivity index (χ1v) is 4.39. The quantitative estimate of drug-likeness (QED) is 0.596. The Morgan fingerprint density at radius 1 is 1.58 bits per heavy atom. The molecule has 0 aliphatic carbocycles. The average molecular weight is 167 g/mol. The first kappa shape index (κ1) is 9.50. The molecule has 1 rings (SSSR count). The Morgan fingerprint density at radius 2 is 2.25 bits per heavy atom. The first-order chi connectivity index (χ1) is 5.65. The van der Waals surface area contributed by atoms with Crippen LogP contribution in [0.25, 0.3) is 0 Å². The third-order valence-corrected chi connectivity index (χ3v) is 2.56. The van der Waals surface area contributed by atoms with Gasteiger partial charge in [-0.3, -0.25) is 4.90 Å². The summed E-state index contributed by atoms with van der Waals surface area (Å²) in [5.74, 6) is 0.537. The zero-order chi connectivity index (χ0) is 9.14. The summed E-state index contributed by atoms with van der Waals surface area (Å²) < 4.78 is 0. The van der Waals surface area contributed by atoms with E-state index < -0.39 is 0 Å². The Balaban J connectivity index is 2.51. The standard InChI is InChI=1S/C9H17N3/c1-11(2)9(6-10)8-4-5-12(3)7-8/h8-9H,4-5,7H2,1-3H3. The summed E-state index contributed by atoms with van der Waals surface area (Å²) in [5.41, 5.74) is 0. The van der Waals surface area contributed by atoms with Crippen molar-refractivity contribution < 1.29 is 0 Å². The molecule has 1 fully saturated rings. The van der Waals surface area contributed by atoms with Crippen LogP contribution in [0.4, 0.5) is 0 Å². The van der Waals surface area contributed by atoms with Crippen LogP contribution in [0.15, 0.2) is 0 Å². The minimum absolute atomic E-state index is 0.0925. The maximum absolute atomic E-state index is 8.93. The molecule has 0 aromatic heterocycles. The predicted octanol–water partition coefficient (Wildman–Crippen LogP) is 0.392. The lowest BCUT2D eigenvalue weighted by Crippen LogP contribution is -2.35. The van der Waals surface area contributed by atoms with Crippen LogP contribution in [0, 0.1) is 17.2 Å². The summed E-state index contributed by atoms with van der Waals surface area (Å²) >= 11 is 0. The smallest absolute Gasteiger partial charge is 0.101 e. The first-order valence-electron chi connectivity index (χ1n) is 4.39. The summed E-state index contributed by atoms with van der Waals surface area (Å²) in [4.78, 5) is 4.31. The normalized spacial score (nSPS) is 27.4. The fourth-order valence-electron chi connectivity index (χ4n) is 1.87. The second-order valence-corrected chi connectivity index (χ2v) is 3.85. The zero-order valence-corrected chi connectivity index (χ0v) is 8.12. The van der Waals surface area contributed by atoms with E-state index >= 15 is 0 Å². The van der Waals surface area contributed by atoms with Gasteiger partial charge in [-0.15, -0.1) is 0 Å². The highest BCUT2D eigenvalue weighted by Crippen LogP contribution is 2.20. The van der Waals surface area contributed by atoms with E-state index in [4.69, 9.17) is 5.26 Å². The minimum Gasteiger partial charge on any atom is -0.306 e. The maximum atomic E-state index is 8.93. The number of nitriles is 1. The van der Waals surface area contributed by atoms with Crippen molar-refractivity contribution in [2.75, 3.05) is 34.2 Å². The minimum atomic E-state index is 0.0925.